The van der Waals surface area contributed by atoms with E-state index in [0.29, 0.717) is 32.1 Å². The van der Waals surface area contributed by atoms with E-state index >= 15 is 0 Å². The number of aliphatic carboxylic acids is 1. The summed E-state index contributed by atoms with van der Waals surface area (Å²) in [5, 5.41) is 14.9. The molecule has 0 radical (unpaired) electrons. The number of nitrogens with two attached hydrogens (primary N) is 4. The van der Waals surface area contributed by atoms with Crippen LogP contribution in [-0.2, 0) is 40.0 Å². The third-order valence-corrected chi connectivity index (χ3v) is 9.70. The topological polar surface area (TPSA) is 290 Å². The quantitative estimate of drug-likeness (QED) is 0.0531. The Morgan fingerprint density at radius 3 is 1.98 bits per heavy atom. The van der Waals surface area contributed by atoms with Crippen molar-refractivity contribution in [3.63, 3.8) is 0 Å². The van der Waals surface area contributed by atoms with Crippen molar-refractivity contribution in [3.8, 4) is 0 Å². The van der Waals surface area contributed by atoms with Crippen molar-refractivity contribution in [2.24, 2.45) is 27.9 Å². The van der Waals surface area contributed by atoms with Crippen LogP contribution in [0, 0.1) is 0 Å². The van der Waals surface area contributed by atoms with Crippen molar-refractivity contribution in [1.82, 2.24) is 25.3 Å². The van der Waals surface area contributed by atoms with Crippen LogP contribution in [0.2, 0.25) is 0 Å². The molecule has 6 atom stereocenters. The molecule has 18 heteroatoms. The fraction of sp³-hybridized carbons (Fsp3) is 0.588. The Morgan fingerprint density at radius 1 is 0.788 bits per heavy atom. The SMILES string of the molecule is NC(=O)C[C@H](NC(=O)[C@@H](N)Cc1ccccc1)C(=O)N1CCC[C@H]1C(=O)N[C@@H](CCCN=C(N)N)C(=O)N1CCC[C@H]1C(=O)N1CCC[C@H]1C(=O)O. The van der Waals surface area contributed by atoms with Crippen molar-refractivity contribution in [3.05, 3.63) is 35.9 Å². The minimum absolute atomic E-state index is 0.0978. The molecule has 0 aliphatic carbocycles. The normalized spacial score (nSPS) is 21.6. The lowest BCUT2D eigenvalue weighted by Gasteiger charge is -2.33. The number of carbonyl (C=O) groups excluding carboxylic acids is 6. The number of aliphatic imine (C=N–C) groups is 1. The molecule has 3 fully saturated rings. The zero-order chi connectivity index (χ0) is 37.9. The lowest BCUT2D eigenvalue weighted by Crippen LogP contribution is -2.59. The van der Waals surface area contributed by atoms with E-state index in [0.717, 1.165) is 5.56 Å². The summed E-state index contributed by atoms with van der Waals surface area (Å²) in [4.78, 5) is 100. The first-order valence-corrected chi connectivity index (χ1v) is 17.7. The van der Waals surface area contributed by atoms with Crippen LogP contribution >= 0.6 is 0 Å². The molecule has 3 aliphatic heterocycles. The highest BCUT2D eigenvalue weighted by atomic mass is 16.4. The average Bonchev–Trinajstić information content (AvgIpc) is 3.90. The van der Waals surface area contributed by atoms with Gasteiger partial charge in [0.25, 0.3) is 0 Å². The number of carbonyl (C=O) groups is 7. The molecule has 0 bridgehead atoms. The Bertz CT molecular complexity index is 1520. The van der Waals surface area contributed by atoms with E-state index in [1.807, 2.05) is 6.07 Å². The molecule has 0 spiro atoms. The third kappa shape index (κ3) is 10.2. The van der Waals surface area contributed by atoms with E-state index in [1.54, 1.807) is 24.3 Å². The summed E-state index contributed by atoms with van der Waals surface area (Å²) in [7, 11) is 0. The first-order chi connectivity index (χ1) is 24.8. The number of amides is 6. The standard InChI is InChI=1S/C34H50N10O8/c35-21(18-20-8-2-1-3-9-20)28(46)41-23(19-27(36)45)31(49)42-15-5-11-24(42)29(47)40-22(10-4-14-39-34(37)38)30(48)43-16-6-12-25(43)32(50)44-17-7-13-26(44)33(51)52/h1-3,8-9,21-26H,4-7,10-19,35H2,(H2,36,45)(H,40,47)(H,41,46)(H,51,52)(H4,37,38,39)/t21-,22-,23-,24-,25-,26-/m0/s1. The molecule has 0 unspecified atom stereocenters. The zero-order valence-electron chi connectivity index (χ0n) is 29.2. The molecule has 1 aromatic rings. The number of guanidine groups is 1. The number of nitrogens with one attached hydrogen (secondary N) is 2. The number of rotatable bonds is 16. The molecule has 18 nitrogen and oxygen atoms in total. The Hall–Kier alpha value is -5.26. The minimum Gasteiger partial charge on any atom is -0.480 e. The molecule has 3 heterocycles. The fourth-order valence-electron chi connectivity index (χ4n) is 7.14. The number of carboxylic acids is 1. The van der Waals surface area contributed by atoms with Crippen molar-refractivity contribution >= 4 is 47.4 Å². The van der Waals surface area contributed by atoms with Crippen LogP contribution in [-0.4, -0.2) is 130 Å². The molecule has 0 saturated carbocycles. The van der Waals surface area contributed by atoms with Crippen LogP contribution in [0.15, 0.2) is 35.3 Å². The monoisotopic (exact) mass is 726 g/mol. The molecule has 0 aromatic heterocycles. The van der Waals surface area contributed by atoms with Gasteiger partial charge in [-0.25, -0.2) is 4.79 Å². The van der Waals surface area contributed by atoms with Crippen LogP contribution in [0.1, 0.15) is 63.4 Å². The second kappa shape index (κ2) is 18.3. The Balaban J connectivity index is 1.48. The molecular formula is C34H50N10O8. The zero-order valence-corrected chi connectivity index (χ0v) is 29.2. The second-order valence-corrected chi connectivity index (χ2v) is 13.4. The van der Waals surface area contributed by atoms with Crippen LogP contribution in [0.4, 0.5) is 0 Å². The number of likely N-dealkylation sites (tertiary alicyclic amines) is 3. The first-order valence-electron chi connectivity index (χ1n) is 17.7. The summed E-state index contributed by atoms with van der Waals surface area (Å²) >= 11 is 0. The van der Waals surface area contributed by atoms with Gasteiger partial charge >= 0.3 is 5.97 Å². The largest absolute Gasteiger partial charge is 0.480 e. The Kier molecular flexibility index (Phi) is 13.9. The van der Waals surface area contributed by atoms with Gasteiger partial charge in [0.1, 0.15) is 30.2 Å². The van der Waals surface area contributed by atoms with Crippen LogP contribution in [0.3, 0.4) is 0 Å². The van der Waals surface area contributed by atoms with Crippen molar-refractivity contribution < 1.29 is 38.7 Å². The van der Waals surface area contributed by atoms with Crippen molar-refractivity contribution in [1.29, 1.82) is 0 Å². The molecule has 3 saturated heterocycles. The van der Waals surface area contributed by atoms with E-state index in [9.17, 15) is 38.7 Å². The number of nitrogens with zero attached hydrogens (tertiary/aromatic N) is 4. The summed E-state index contributed by atoms with van der Waals surface area (Å²) in [6.07, 6.45) is 2.43. The number of carboxylic acid groups (broad SMARTS) is 1. The first kappa shape index (κ1) is 39.5. The van der Waals surface area contributed by atoms with Gasteiger partial charge in [-0.2, -0.15) is 0 Å². The van der Waals surface area contributed by atoms with Crippen molar-refractivity contribution in [2.45, 2.75) is 100 Å². The van der Waals surface area contributed by atoms with E-state index in [2.05, 4.69) is 15.6 Å². The Morgan fingerprint density at radius 2 is 1.37 bits per heavy atom. The van der Waals surface area contributed by atoms with Gasteiger partial charge in [-0.1, -0.05) is 30.3 Å². The fourth-order valence-corrected chi connectivity index (χ4v) is 7.14. The number of hydrogen-bond donors (Lipinski definition) is 7. The molecule has 284 valence electrons. The maximum absolute atomic E-state index is 14.1. The number of benzene rings is 1. The van der Waals surface area contributed by atoms with Gasteiger partial charge in [-0.05, 0) is 63.4 Å². The van der Waals surface area contributed by atoms with Gasteiger partial charge in [0, 0.05) is 26.2 Å². The molecule has 4 rings (SSSR count). The lowest BCUT2D eigenvalue weighted by molar-refractivity contribution is -0.152. The van der Waals surface area contributed by atoms with Gasteiger partial charge in [-0.3, -0.25) is 33.8 Å². The summed E-state index contributed by atoms with van der Waals surface area (Å²) in [6, 6.07) is 2.59. The summed E-state index contributed by atoms with van der Waals surface area (Å²) in [5.74, 6) is -5.07. The highest BCUT2D eigenvalue weighted by molar-refractivity contribution is 5.98. The highest BCUT2D eigenvalue weighted by Gasteiger charge is 2.45. The molecule has 52 heavy (non-hydrogen) atoms. The van der Waals surface area contributed by atoms with Crippen molar-refractivity contribution in [2.75, 3.05) is 26.2 Å². The lowest BCUT2D eigenvalue weighted by atomic mass is 10.0. The van der Waals surface area contributed by atoms with Crippen LogP contribution in [0.25, 0.3) is 0 Å². The number of primary amides is 1. The Labute approximate surface area is 301 Å². The van der Waals surface area contributed by atoms with Gasteiger partial charge in [0.05, 0.1) is 12.5 Å². The maximum Gasteiger partial charge on any atom is 0.326 e. The van der Waals surface area contributed by atoms with Gasteiger partial charge in [0.2, 0.25) is 35.4 Å². The van der Waals surface area contributed by atoms with E-state index < -0.39 is 84.1 Å². The number of hydrogen-bond acceptors (Lipinski definition) is 9. The highest BCUT2D eigenvalue weighted by Crippen LogP contribution is 2.27. The summed E-state index contributed by atoms with van der Waals surface area (Å²) in [6.45, 7) is 0.808. The third-order valence-electron chi connectivity index (χ3n) is 9.70. The predicted octanol–water partition coefficient (Wildman–Crippen LogP) is -2.49. The average molecular weight is 727 g/mol. The maximum atomic E-state index is 14.1. The minimum atomic E-state index is -1.38. The molecule has 3 aliphatic rings. The van der Waals surface area contributed by atoms with Crippen LogP contribution < -0.4 is 33.6 Å². The van der Waals surface area contributed by atoms with E-state index in [4.69, 9.17) is 22.9 Å². The van der Waals surface area contributed by atoms with Gasteiger partial charge in [-0.15, -0.1) is 0 Å². The molecule has 11 N–H and O–H groups in total. The summed E-state index contributed by atoms with van der Waals surface area (Å²) < 4.78 is 0. The van der Waals surface area contributed by atoms with E-state index in [-0.39, 0.29) is 57.8 Å². The molecular weight excluding hydrogens is 676 g/mol. The van der Waals surface area contributed by atoms with Gasteiger partial charge < -0.3 is 53.4 Å². The predicted molar refractivity (Wildman–Crippen MR) is 188 cm³/mol. The second-order valence-electron chi connectivity index (χ2n) is 13.4. The van der Waals surface area contributed by atoms with E-state index in [1.165, 1.54) is 14.7 Å². The summed E-state index contributed by atoms with van der Waals surface area (Å²) in [5.41, 5.74) is 23.3. The van der Waals surface area contributed by atoms with Crippen LogP contribution in [0.5, 0.6) is 0 Å². The molecule has 6 amide bonds. The van der Waals surface area contributed by atoms with Gasteiger partial charge in [0.15, 0.2) is 5.96 Å². The molecule has 1 aromatic carbocycles. The smallest absolute Gasteiger partial charge is 0.326 e.